The highest BCUT2D eigenvalue weighted by Crippen LogP contribution is 2.34. The molecule has 1 aromatic rings. The quantitative estimate of drug-likeness (QED) is 0.635. The van der Waals surface area contributed by atoms with E-state index < -0.39 is 12.1 Å². The second kappa shape index (κ2) is 4.68. The normalized spacial score (nSPS) is 17.6. The maximum absolute atomic E-state index is 11.4. The SMILES string of the molecule is COC(=O)C1CCc2cc(C(C)=O)c(O)cc2O1. The molecule has 1 aliphatic rings. The number of aromatic hydroxyl groups is 1. The number of aryl methyl sites for hydroxylation is 1. The molecule has 96 valence electrons. The minimum atomic E-state index is -0.648. The number of hydrogen-bond acceptors (Lipinski definition) is 5. The van der Waals surface area contributed by atoms with Crippen molar-refractivity contribution >= 4 is 11.8 Å². The van der Waals surface area contributed by atoms with Crippen LogP contribution in [0.4, 0.5) is 0 Å². The molecule has 5 heteroatoms. The summed E-state index contributed by atoms with van der Waals surface area (Å²) in [5.74, 6) is -0.341. The number of fused-ring (bicyclic) bond motifs is 1. The van der Waals surface area contributed by atoms with Gasteiger partial charge in [-0.05, 0) is 31.4 Å². The van der Waals surface area contributed by atoms with Crippen molar-refractivity contribution in [3.05, 3.63) is 23.3 Å². The third-order valence-corrected chi connectivity index (χ3v) is 2.97. The van der Waals surface area contributed by atoms with E-state index >= 15 is 0 Å². The molecule has 1 unspecified atom stereocenters. The van der Waals surface area contributed by atoms with Crippen molar-refractivity contribution in [1.29, 1.82) is 0 Å². The second-order valence-corrected chi connectivity index (χ2v) is 4.20. The maximum atomic E-state index is 11.4. The van der Waals surface area contributed by atoms with Gasteiger partial charge in [0.25, 0.3) is 0 Å². The summed E-state index contributed by atoms with van der Waals surface area (Å²) in [7, 11) is 1.30. The van der Waals surface area contributed by atoms with Crippen LogP contribution in [0.3, 0.4) is 0 Å². The fourth-order valence-corrected chi connectivity index (χ4v) is 2.00. The zero-order valence-corrected chi connectivity index (χ0v) is 10.2. The van der Waals surface area contributed by atoms with E-state index in [1.54, 1.807) is 6.07 Å². The van der Waals surface area contributed by atoms with Crippen molar-refractivity contribution in [3.8, 4) is 11.5 Å². The van der Waals surface area contributed by atoms with E-state index in [9.17, 15) is 14.7 Å². The van der Waals surface area contributed by atoms with Gasteiger partial charge in [0.05, 0.1) is 12.7 Å². The second-order valence-electron chi connectivity index (χ2n) is 4.20. The Morgan fingerprint density at radius 1 is 1.44 bits per heavy atom. The predicted molar refractivity (Wildman–Crippen MR) is 62.9 cm³/mol. The van der Waals surface area contributed by atoms with Gasteiger partial charge in [-0.25, -0.2) is 4.79 Å². The Kier molecular flexibility index (Phi) is 3.23. The lowest BCUT2D eigenvalue weighted by atomic mass is 9.98. The van der Waals surface area contributed by atoms with E-state index in [1.165, 1.54) is 20.1 Å². The molecule has 0 radical (unpaired) electrons. The van der Waals surface area contributed by atoms with Crippen LogP contribution in [0.25, 0.3) is 0 Å². The first-order valence-electron chi connectivity index (χ1n) is 5.64. The van der Waals surface area contributed by atoms with Crippen LogP contribution < -0.4 is 4.74 Å². The van der Waals surface area contributed by atoms with Gasteiger partial charge in [-0.2, -0.15) is 0 Å². The number of phenols is 1. The van der Waals surface area contributed by atoms with Gasteiger partial charge in [0.2, 0.25) is 0 Å². The molecule has 0 saturated carbocycles. The molecular weight excluding hydrogens is 236 g/mol. The van der Waals surface area contributed by atoms with E-state index in [0.29, 0.717) is 18.6 Å². The Labute approximate surface area is 104 Å². The van der Waals surface area contributed by atoms with E-state index in [0.717, 1.165) is 5.56 Å². The van der Waals surface area contributed by atoms with E-state index in [2.05, 4.69) is 4.74 Å². The number of ketones is 1. The van der Waals surface area contributed by atoms with E-state index in [1.807, 2.05) is 0 Å². The molecule has 0 amide bonds. The van der Waals surface area contributed by atoms with Crippen molar-refractivity contribution in [1.82, 2.24) is 0 Å². The average molecular weight is 250 g/mol. The molecule has 1 atom stereocenters. The highest BCUT2D eigenvalue weighted by molar-refractivity contribution is 5.97. The summed E-state index contributed by atoms with van der Waals surface area (Å²) in [5.41, 5.74) is 1.09. The molecule has 0 aliphatic carbocycles. The highest BCUT2D eigenvalue weighted by Gasteiger charge is 2.28. The fourth-order valence-electron chi connectivity index (χ4n) is 2.00. The zero-order chi connectivity index (χ0) is 13.3. The van der Waals surface area contributed by atoms with Crippen LogP contribution in [0.15, 0.2) is 12.1 Å². The monoisotopic (exact) mass is 250 g/mol. The molecule has 0 spiro atoms. The van der Waals surface area contributed by atoms with Gasteiger partial charge in [-0.3, -0.25) is 4.79 Å². The smallest absolute Gasteiger partial charge is 0.347 e. The first-order valence-corrected chi connectivity index (χ1v) is 5.64. The van der Waals surface area contributed by atoms with Gasteiger partial charge in [-0.15, -0.1) is 0 Å². The first kappa shape index (κ1) is 12.4. The van der Waals surface area contributed by atoms with Gasteiger partial charge >= 0.3 is 5.97 Å². The lowest BCUT2D eigenvalue weighted by Gasteiger charge is -2.24. The number of carbonyl (C=O) groups excluding carboxylic acids is 2. The first-order chi connectivity index (χ1) is 8.52. The van der Waals surface area contributed by atoms with Crippen molar-refractivity contribution < 1.29 is 24.2 Å². The third-order valence-electron chi connectivity index (χ3n) is 2.97. The van der Waals surface area contributed by atoms with Crippen LogP contribution in [0.2, 0.25) is 0 Å². The number of methoxy groups -OCH3 is 1. The number of esters is 1. The molecule has 2 rings (SSSR count). The van der Waals surface area contributed by atoms with Gasteiger partial charge in [0.15, 0.2) is 11.9 Å². The third kappa shape index (κ3) is 2.16. The predicted octanol–water partition coefficient (Wildman–Crippen LogP) is 1.46. The summed E-state index contributed by atoms with van der Waals surface area (Å²) < 4.78 is 10.1. The summed E-state index contributed by atoms with van der Waals surface area (Å²) in [4.78, 5) is 22.7. The number of benzene rings is 1. The lowest BCUT2D eigenvalue weighted by Crippen LogP contribution is -2.32. The number of ether oxygens (including phenoxy) is 2. The van der Waals surface area contributed by atoms with Crippen molar-refractivity contribution in [2.75, 3.05) is 7.11 Å². The molecule has 0 fully saturated rings. The Morgan fingerprint density at radius 2 is 2.17 bits per heavy atom. The van der Waals surface area contributed by atoms with Crippen LogP contribution in [0, 0.1) is 0 Å². The van der Waals surface area contributed by atoms with Crippen molar-refractivity contribution in [3.63, 3.8) is 0 Å². The van der Waals surface area contributed by atoms with Crippen LogP contribution in [0.1, 0.15) is 29.3 Å². The number of rotatable bonds is 2. The Morgan fingerprint density at radius 3 is 2.78 bits per heavy atom. The van der Waals surface area contributed by atoms with Crippen molar-refractivity contribution in [2.24, 2.45) is 0 Å². The van der Waals surface area contributed by atoms with Gasteiger partial charge < -0.3 is 14.6 Å². The Bertz CT molecular complexity index is 506. The highest BCUT2D eigenvalue weighted by atomic mass is 16.6. The van der Waals surface area contributed by atoms with Crippen LogP contribution in [-0.2, 0) is 16.0 Å². The average Bonchev–Trinajstić information content (AvgIpc) is 2.35. The van der Waals surface area contributed by atoms with Crippen LogP contribution >= 0.6 is 0 Å². The molecular formula is C13H14O5. The number of Topliss-reactive ketones (excluding diaryl/α,β-unsaturated/α-hetero) is 1. The molecule has 1 aliphatic heterocycles. The standard InChI is InChI=1S/C13H14O5/c1-7(14)9-5-8-3-4-11(13(16)17-2)18-12(8)6-10(9)15/h5-6,11,15H,3-4H2,1-2H3. The molecule has 0 aromatic heterocycles. The fraction of sp³-hybridized carbons (Fsp3) is 0.385. The number of phenolic OH excluding ortho intramolecular Hbond substituents is 1. The topological polar surface area (TPSA) is 72.8 Å². The van der Waals surface area contributed by atoms with Crippen LogP contribution in [-0.4, -0.2) is 30.1 Å². The zero-order valence-electron chi connectivity index (χ0n) is 10.2. The summed E-state index contributed by atoms with van der Waals surface area (Å²) >= 11 is 0. The van der Waals surface area contributed by atoms with Gasteiger partial charge in [0.1, 0.15) is 11.5 Å². The summed E-state index contributed by atoms with van der Waals surface area (Å²) in [6.07, 6.45) is 0.461. The van der Waals surface area contributed by atoms with E-state index in [4.69, 9.17) is 4.74 Å². The van der Waals surface area contributed by atoms with Crippen molar-refractivity contribution in [2.45, 2.75) is 25.9 Å². The van der Waals surface area contributed by atoms with E-state index in [-0.39, 0.29) is 17.1 Å². The Balaban J connectivity index is 2.32. The molecule has 0 saturated heterocycles. The summed E-state index contributed by atoms with van der Waals surface area (Å²) in [6.45, 7) is 1.39. The number of carbonyl (C=O) groups is 2. The maximum Gasteiger partial charge on any atom is 0.347 e. The molecule has 5 nitrogen and oxygen atoms in total. The summed E-state index contributed by atoms with van der Waals surface area (Å²) in [6, 6.07) is 2.99. The van der Waals surface area contributed by atoms with Crippen LogP contribution in [0.5, 0.6) is 11.5 Å². The number of hydrogen-bond donors (Lipinski definition) is 1. The molecule has 1 heterocycles. The minimum Gasteiger partial charge on any atom is -0.507 e. The molecule has 1 aromatic carbocycles. The van der Waals surface area contributed by atoms with Gasteiger partial charge in [-0.1, -0.05) is 0 Å². The molecule has 18 heavy (non-hydrogen) atoms. The minimum absolute atomic E-state index is 0.133. The summed E-state index contributed by atoms with van der Waals surface area (Å²) in [5, 5.41) is 9.70. The molecule has 0 bridgehead atoms. The lowest BCUT2D eigenvalue weighted by molar-refractivity contribution is -0.149. The van der Waals surface area contributed by atoms with Gasteiger partial charge in [0, 0.05) is 6.07 Å². The Hall–Kier alpha value is -2.04. The largest absolute Gasteiger partial charge is 0.507 e. The molecule has 1 N–H and O–H groups in total.